The average molecular weight is 321 g/mol. The summed E-state index contributed by atoms with van der Waals surface area (Å²) >= 11 is 0. The Morgan fingerprint density at radius 2 is 1.95 bits per heavy atom. The first-order valence-electron chi connectivity index (χ1n) is 7.00. The Kier molecular flexibility index (Phi) is 6.15. The maximum absolute atomic E-state index is 12.4. The van der Waals surface area contributed by atoms with Crippen LogP contribution in [-0.4, -0.2) is 43.9 Å². The summed E-state index contributed by atoms with van der Waals surface area (Å²) in [4.78, 5) is 22.8. The standard InChI is InChI=1S/C13H23NO6S/c1-8(2)7-10(12(15)16)14-21(18,19)11-6-4-5-9(11)13(17)20-3/h8-11,14H,4-7H2,1-3H3,(H,15,16)/t9?,10-,11?/m0/s1. The molecule has 1 rings (SSSR count). The first-order valence-corrected chi connectivity index (χ1v) is 8.55. The molecule has 0 amide bonds. The Balaban J connectivity index is 2.88. The van der Waals surface area contributed by atoms with Crippen molar-refractivity contribution in [1.82, 2.24) is 4.72 Å². The van der Waals surface area contributed by atoms with Crippen molar-refractivity contribution < 1.29 is 27.9 Å². The fourth-order valence-electron chi connectivity index (χ4n) is 2.67. The van der Waals surface area contributed by atoms with E-state index in [1.165, 1.54) is 7.11 Å². The minimum absolute atomic E-state index is 0.0359. The Bertz CT molecular complexity index is 487. The summed E-state index contributed by atoms with van der Waals surface area (Å²) in [6.45, 7) is 3.63. The van der Waals surface area contributed by atoms with Crippen LogP contribution in [0.2, 0.25) is 0 Å². The Labute approximate surface area is 125 Å². The van der Waals surface area contributed by atoms with E-state index in [-0.39, 0.29) is 12.3 Å². The smallest absolute Gasteiger partial charge is 0.321 e. The molecule has 0 heterocycles. The van der Waals surface area contributed by atoms with Crippen LogP contribution in [-0.2, 0) is 24.3 Å². The number of hydrogen-bond donors (Lipinski definition) is 2. The van der Waals surface area contributed by atoms with Crippen molar-refractivity contribution >= 4 is 22.0 Å². The molecule has 0 saturated heterocycles. The van der Waals surface area contributed by atoms with Gasteiger partial charge in [-0.3, -0.25) is 9.59 Å². The van der Waals surface area contributed by atoms with Gasteiger partial charge in [0.15, 0.2) is 0 Å². The van der Waals surface area contributed by atoms with Gasteiger partial charge < -0.3 is 9.84 Å². The molecule has 0 aromatic carbocycles. The molecule has 122 valence electrons. The summed E-state index contributed by atoms with van der Waals surface area (Å²) in [7, 11) is -2.67. The van der Waals surface area contributed by atoms with Gasteiger partial charge in [-0.15, -0.1) is 0 Å². The molecule has 3 atom stereocenters. The lowest BCUT2D eigenvalue weighted by Gasteiger charge is -2.22. The van der Waals surface area contributed by atoms with E-state index < -0.39 is 39.2 Å². The van der Waals surface area contributed by atoms with Crippen molar-refractivity contribution in [3.8, 4) is 0 Å². The highest BCUT2D eigenvalue weighted by molar-refractivity contribution is 7.90. The molecule has 0 aromatic rings. The molecular weight excluding hydrogens is 298 g/mol. The van der Waals surface area contributed by atoms with Crippen LogP contribution in [0.4, 0.5) is 0 Å². The third kappa shape index (κ3) is 4.67. The summed E-state index contributed by atoms with van der Waals surface area (Å²) in [5.41, 5.74) is 0. The van der Waals surface area contributed by atoms with Crippen LogP contribution in [0.3, 0.4) is 0 Å². The van der Waals surface area contributed by atoms with E-state index in [9.17, 15) is 18.0 Å². The Hall–Kier alpha value is -1.15. The normalized spacial score (nSPS) is 24.0. The summed E-state index contributed by atoms with van der Waals surface area (Å²) in [6, 6.07) is -1.17. The number of carbonyl (C=O) groups is 2. The Morgan fingerprint density at radius 1 is 1.33 bits per heavy atom. The predicted molar refractivity (Wildman–Crippen MR) is 76.1 cm³/mol. The van der Waals surface area contributed by atoms with E-state index in [0.29, 0.717) is 19.3 Å². The van der Waals surface area contributed by atoms with E-state index in [1.54, 1.807) is 0 Å². The highest BCUT2D eigenvalue weighted by atomic mass is 32.2. The zero-order valence-corrected chi connectivity index (χ0v) is 13.4. The van der Waals surface area contributed by atoms with Crippen LogP contribution in [0.1, 0.15) is 39.5 Å². The van der Waals surface area contributed by atoms with E-state index in [2.05, 4.69) is 9.46 Å². The lowest BCUT2D eigenvalue weighted by molar-refractivity contribution is -0.145. The average Bonchev–Trinajstić information content (AvgIpc) is 2.86. The van der Waals surface area contributed by atoms with Gasteiger partial charge in [0.2, 0.25) is 10.0 Å². The van der Waals surface area contributed by atoms with Crippen LogP contribution >= 0.6 is 0 Å². The fourth-order valence-corrected chi connectivity index (χ4v) is 4.60. The first-order chi connectivity index (χ1) is 9.69. The number of ether oxygens (including phenoxy) is 1. The highest BCUT2D eigenvalue weighted by Gasteiger charge is 2.43. The van der Waals surface area contributed by atoms with E-state index in [0.717, 1.165) is 0 Å². The van der Waals surface area contributed by atoms with E-state index >= 15 is 0 Å². The largest absolute Gasteiger partial charge is 0.480 e. The second kappa shape index (κ2) is 7.22. The third-order valence-electron chi connectivity index (χ3n) is 3.67. The van der Waals surface area contributed by atoms with Gasteiger partial charge in [-0.25, -0.2) is 13.1 Å². The van der Waals surface area contributed by atoms with Crippen LogP contribution < -0.4 is 4.72 Å². The van der Waals surface area contributed by atoms with Crippen molar-refractivity contribution in [3.05, 3.63) is 0 Å². The second-order valence-electron chi connectivity index (χ2n) is 5.78. The van der Waals surface area contributed by atoms with Crippen LogP contribution in [0.5, 0.6) is 0 Å². The summed E-state index contributed by atoms with van der Waals surface area (Å²) < 4.78 is 31.6. The third-order valence-corrected chi connectivity index (χ3v) is 5.64. The molecule has 2 N–H and O–H groups in total. The van der Waals surface area contributed by atoms with Gasteiger partial charge in [-0.1, -0.05) is 20.3 Å². The fraction of sp³-hybridized carbons (Fsp3) is 0.846. The summed E-state index contributed by atoms with van der Waals surface area (Å²) in [6.07, 6.45) is 1.58. The number of carbonyl (C=O) groups excluding carboxylic acids is 1. The number of methoxy groups -OCH3 is 1. The number of hydrogen-bond acceptors (Lipinski definition) is 5. The number of aliphatic carboxylic acids is 1. The predicted octanol–water partition coefficient (Wildman–Crippen LogP) is 0.747. The monoisotopic (exact) mass is 321 g/mol. The molecule has 0 spiro atoms. The van der Waals surface area contributed by atoms with Gasteiger partial charge in [0.25, 0.3) is 0 Å². The molecule has 0 bridgehead atoms. The molecule has 8 heteroatoms. The second-order valence-corrected chi connectivity index (χ2v) is 7.71. The maximum atomic E-state index is 12.4. The van der Waals surface area contributed by atoms with Crippen LogP contribution in [0.25, 0.3) is 0 Å². The van der Waals surface area contributed by atoms with E-state index in [1.807, 2.05) is 13.8 Å². The summed E-state index contributed by atoms with van der Waals surface area (Å²) in [5, 5.41) is 8.21. The number of carboxylic acid groups (broad SMARTS) is 1. The van der Waals surface area contributed by atoms with Gasteiger partial charge in [0, 0.05) is 0 Å². The SMILES string of the molecule is COC(=O)C1CCCC1S(=O)(=O)N[C@@H](CC(C)C)C(=O)O. The molecule has 1 fully saturated rings. The van der Waals surface area contributed by atoms with Gasteiger partial charge in [0.05, 0.1) is 18.3 Å². The van der Waals surface area contributed by atoms with Crippen molar-refractivity contribution in [2.45, 2.75) is 50.8 Å². The van der Waals surface area contributed by atoms with E-state index in [4.69, 9.17) is 5.11 Å². The molecule has 0 radical (unpaired) electrons. The number of rotatable bonds is 7. The molecule has 1 saturated carbocycles. The molecule has 1 aliphatic carbocycles. The van der Waals surface area contributed by atoms with Crippen LogP contribution in [0, 0.1) is 11.8 Å². The number of esters is 1. The molecule has 0 aromatic heterocycles. The molecule has 0 aliphatic heterocycles. The van der Waals surface area contributed by atoms with Gasteiger partial charge in [-0.2, -0.15) is 0 Å². The molecule has 7 nitrogen and oxygen atoms in total. The zero-order valence-electron chi connectivity index (χ0n) is 12.5. The number of nitrogens with one attached hydrogen (secondary N) is 1. The molecular formula is C13H23NO6S. The minimum atomic E-state index is -3.89. The minimum Gasteiger partial charge on any atom is -0.480 e. The van der Waals surface area contributed by atoms with Crippen LogP contribution in [0.15, 0.2) is 0 Å². The number of carboxylic acids is 1. The quantitative estimate of drug-likeness (QED) is 0.670. The zero-order chi connectivity index (χ0) is 16.2. The van der Waals surface area contributed by atoms with Crippen molar-refractivity contribution in [2.24, 2.45) is 11.8 Å². The lowest BCUT2D eigenvalue weighted by Crippen LogP contribution is -2.47. The van der Waals surface area contributed by atoms with Gasteiger partial charge in [0.1, 0.15) is 6.04 Å². The molecule has 1 aliphatic rings. The maximum Gasteiger partial charge on any atom is 0.321 e. The summed E-state index contributed by atoms with van der Waals surface area (Å²) in [5.74, 6) is -2.45. The Morgan fingerprint density at radius 3 is 2.43 bits per heavy atom. The lowest BCUT2D eigenvalue weighted by atomic mass is 10.1. The first kappa shape index (κ1) is 17.9. The van der Waals surface area contributed by atoms with Crippen molar-refractivity contribution in [1.29, 1.82) is 0 Å². The topological polar surface area (TPSA) is 110 Å². The van der Waals surface area contributed by atoms with Crippen molar-refractivity contribution in [2.75, 3.05) is 7.11 Å². The molecule has 2 unspecified atom stereocenters. The van der Waals surface area contributed by atoms with Gasteiger partial charge >= 0.3 is 11.9 Å². The van der Waals surface area contributed by atoms with Gasteiger partial charge in [-0.05, 0) is 25.2 Å². The van der Waals surface area contributed by atoms with Crippen molar-refractivity contribution in [3.63, 3.8) is 0 Å². The highest BCUT2D eigenvalue weighted by Crippen LogP contribution is 2.32. The molecule has 21 heavy (non-hydrogen) atoms. The number of sulfonamides is 1.